The molecule has 0 spiro atoms. The maximum Gasteiger partial charge on any atom is 0.339 e. The Balaban J connectivity index is 2.69. The average molecular weight is 527 g/mol. The molecular weight excluding hydrogens is 476 g/mol. The van der Waals surface area contributed by atoms with Gasteiger partial charge in [-0.3, -0.25) is 0 Å². The van der Waals surface area contributed by atoms with Crippen LogP contribution in [0, 0.1) is 5.92 Å². The van der Waals surface area contributed by atoms with Crippen molar-refractivity contribution in [2.24, 2.45) is 5.92 Å². The van der Waals surface area contributed by atoms with Crippen molar-refractivity contribution in [1.82, 2.24) is 0 Å². The Morgan fingerprint density at radius 1 is 0.921 bits per heavy atom. The second-order valence-corrected chi connectivity index (χ2v) is 10.7. The van der Waals surface area contributed by atoms with E-state index in [2.05, 4.69) is 26.0 Å². The van der Waals surface area contributed by atoms with Gasteiger partial charge in [-0.25, -0.2) is 4.79 Å². The Morgan fingerprint density at radius 3 is 2.16 bits per heavy atom. The number of hydrogen-bond donors (Lipinski definition) is 3. The maximum atomic E-state index is 12.0. The topological polar surface area (TPSA) is 90.9 Å². The summed E-state index contributed by atoms with van der Waals surface area (Å²) in [6.07, 6.45) is 10.9. The van der Waals surface area contributed by atoms with Gasteiger partial charge in [0.05, 0.1) is 18.3 Å². The molecule has 0 aliphatic rings. The summed E-state index contributed by atoms with van der Waals surface area (Å²) in [5.41, 5.74) is 5.57. The summed E-state index contributed by atoms with van der Waals surface area (Å²) in [6, 6.07) is 3.56. The first-order valence-corrected chi connectivity index (χ1v) is 13.8. The van der Waals surface area contributed by atoms with Crippen LogP contribution in [0.1, 0.15) is 98.8 Å². The highest BCUT2D eigenvalue weighted by Gasteiger charge is 2.23. The van der Waals surface area contributed by atoms with Gasteiger partial charge in [0.1, 0.15) is 5.76 Å². The van der Waals surface area contributed by atoms with Crippen LogP contribution >= 0.6 is 0 Å². The SMILES string of the molecule is C/C=C(\C)[C@@H](O)[C@H](C)[C@H](O)C/C=C(C)/C=C(\C)C/C(C)=C/C/C=C(\C)C(O)[C@@H](C)c1ccc(CC)c(=O)o1. The third-order valence-corrected chi connectivity index (χ3v) is 7.34. The Hall–Kier alpha value is -2.47. The smallest absolute Gasteiger partial charge is 0.339 e. The summed E-state index contributed by atoms with van der Waals surface area (Å²) >= 11 is 0. The van der Waals surface area contributed by atoms with E-state index >= 15 is 0 Å². The highest BCUT2D eigenvalue weighted by Crippen LogP contribution is 2.24. The molecule has 1 aromatic rings. The van der Waals surface area contributed by atoms with E-state index < -0.39 is 18.3 Å². The van der Waals surface area contributed by atoms with Crippen molar-refractivity contribution in [3.63, 3.8) is 0 Å². The summed E-state index contributed by atoms with van der Waals surface area (Å²) < 4.78 is 5.42. The quantitative estimate of drug-likeness (QED) is 0.180. The van der Waals surface area contributed by atoms with Crippen molar-refractivity contribution < 1.29 is 19.7 Å². The zero-order chi connectivity index (χ0) is 29.0. The third kappa shape index (κ3) is 10.7. The van der Waals surface area contributed by atoms with Gasteiger partial charge in [0.15, 0.2) is 0 Å². The van der Waals surface area contributed by atoms with Crippen LogP contribution in [0.25, 0.3) is 0 Å². The second-order valence-electron chi connectivity index (χ2n) is 10.7. The molecule has 0 aliphatic carbocycles. The predicted octanol–water partition coefficient (Wildman–Crippen LogP) is 6.95. The summed E-state index contributed by atoms with van der Waals surface area (Å²) in [4.78, 5) is 12.0. The fraction of sp³-hybridized carbons (Fsp3) is 0.545. The summed E-state index contributed by atoms with van der Waals surface area (Å²) in [5, 5.41) is 31.5. The number of hydrogen-bond acceptors (Lipinski definition) is 5. The standard InChI is InChI=1S/C33H50O5/c1-10-24(6)31(35)26(8)29(34)17-15-22(4)20-23(5)19-21(3)13-12-14-25(7)32(36)27(9)30-18-16-28(11-2)33(37)38-30/h10,13-16,18,20,26-27,29,31-32,34-36H,11-12,17,19H2,1-9H3/b21-13+,22-15+,23-20+,24-10+,25-14+/t26-,27+,29-,31-,32?/m1/s1. The summed E-state index contributed by atoms with van der Waals surface area (Å²) in [5.74, 6) is -0.0510. The number of aliphatic hydroxyl groups is 3. The van der Waals surface area contributed by atoms with Crippen LogP contribution < -0.4 is 5.63 Å². The molecule has 0 saturated carbocycles. The van der Waals surface area contributed by atoms with Gasteiger partial charge in [-0.2, -0.15) is 0 Å². The van der Waals surface area contributed by atoms with Crippen LogP contribution in [0.3, 0.4) is 0 Å². The van der Waals surface area contributed by atoms with E-state index in [1.165, 1.54) is 11.1 Å². The van der Waals surface area contributed by atoms with Crippen LogP contribution in [0.4, 0.5) is 0 Å². The van der Waals surface area contributed by atoms with Crippen molar-refractivity contribution in [3.05, 3.63) is 92.1 Å². The lowest BCUT2D eigenvalue weighted by Gasteiger charge is -2.24. The molecule has 0 saturated heterocycles. The Bertz CT molecular complexity index is 1100. The zero-order valence-corrected chi connectivity index (χ0v) is 24.9. The monoisotopic (exact) mass is 526 g/mol. The van der Waals surface area contributed by atoms with E-state index in [9.17, 15) is 20.1 Å². The molecule has 0 amide bonds. The number of aryl methyl sites for hydroxylation is 1. The molecule has 0 bridgehead atoms. The molecule has 0 fully saturated rings. The van der Waals surface area contributed by atoms with E-state index in [1.54, 1.807) is 12.1 Å². The minimum absolute atomic E-state index is 0.233. The van der Waals surface area contributed by atoms with Gasteiger partial charge in [-0.15, -0.1) is 0 Å². The van der Waals surface area contributed by atoms with Crippen LogP contribution in [-0.2, 0) is 6.42 Å². The van der Waals surface area contributed by atoms with Crippen molar-refractivity contribution in [2.75, 3.05) is 0 Å². The molecular formula is C33H50O5. The van der Waals surface area contributed by atoms with Crippen molar-refractivity contribution in [2.45, 2.75) is 112 Å². The molecule has 0 aromatic carbocycles. The normalized spacial score (nSPS) is 18.3. The lowest BCUT2D eigenvalue weighted by atomic mass is 9.91. The van der Waals surface area contributed by atoms with Crippen LogP contribution in [0.15, 0.2) is 79.6 Å². The number of allylic oxidation sites excluding steroid dienone is 7. The van der Waals surface area contributed by atoms with E-state index in [4.69, 9.17) is 4.42 Å². The first kappa shape index (κ1) is 33.6. The van der Waals surface area contributed by atoms with Crippen molar-refractivity contribution in [3.8, 4) is 0 Å². The largest absolute Gasteiger partial charge is 0.427 e. The van der Waals surface area contributed by atoms with Gasteiger partial charge in [-0.05, 0) is 90.5 Å². The van der Waals surface area contributed by atoms with Gasteiger partial charge in [0, 0.05) is 17.4 Å². The second kappa shape index (κ2) is 16.5. The average Bonchev–Trinajstić information content (AvgIpc) is 2.88. The Labute approximate surface area is 230 Å². The minimum Gasteiger partial charge on any atom is -0.427 e. The van der Waals surface area contributed by atoms with Crippen molar-refractivity contribution in [1.29, 1.82) is 0 Å². The molecule has 1 aromatic heterocycles. The molecule has 5 atom stereocenters. The lowest BCUT2D eigenvalue weighted by Crippen LogP contribution is -2.29. The van der Waals surface area contributed by atoms with E-state index in [1.807, 2.05) is 66.7 Å². The molecule has 3 N–H and O–H groups in total. The van der Waals surface area contributed by atoms with Crippen LogP contribution in [0.2, 0.25) is 0 Å². The first-order valence-electron chi connectivity index (χ1n) is 13.8. The van der Waals surface area contributed by atoms with Gasteiger partial charge in [0.2, 0.25) is 0 Å². The number of rotatable bonds is 14. The van der Waals surface area contributed by atoms with Gasteiger partial charge in [-0.1, -0.05) is 67.9 Å². The zero-order valence-electron chi connectivity index (χ0n) is 24.9. The Kier molecular flexibility index (Phi) is 14.6. The predicted molar refractivity (Wildman–Crippen MR) is 158 cm³/mol. The molecule has 1 rings (SSSR count). The summed E-state index contributed by atoms with van der Waals surface area (Å²) in [7, 11) is 0. The van der Waals surface area contributed by atoms with Gasteiger partial charge < -0.3 is 19.7 Å². The highest BCUT2D eigenvalue weighted by atomic mass is 16.4. The molecule has 1 unspecified atom stereocenters. The number of aliphatic hydroxyl groups excluding tert-OH is 3. The minimum atomic E-state index is -0.727. The van der Waals surface area contributed by atoms with E-state index in [0.717, 1.165) is 23.1 Å². The van der Waals surface area contributed by atoms with Crippen LogP contribution in [0.5, 0.6) is 0 Å². The van der Waals surface area contributed by atoms with Crippen LogP contribution in [-0.4, -0.2) is 33.6 Å². The lowest BCUT2D eigenvalue weighted by molar-refractivity contribution is 0.0415. The maximum absolute atomic E-state index is 12.0. The third-order valence-electron chi connectivity index (χ3n) is 7.34. The highest BCUT2D eigenvalue weighted by molar-refractivity contribution is 5.25. The van der Waals surface area contributed by atoms with Gasteiger partial charge in [0.25, 0.3) is 0 Å². The molecule has 5 nitrogen and oxygen atoms in total. The molecule has 212 valence electrons. The first-order chi connectivity index (χ1) is 17.8. The molecule has 1 heterocycles. The van der Waals surface area contributed by atoms with E-state index in [0.29, 0.717) is 30.6 Å². The summed E-state index contributed by atoms with van der Waals surface area (Å²) in [6.45, 7) is 17.5. The molecule has 0 radical (unpaired) electrons. The molecule has 5 heteroatoms. The Morgan fingerprint density at radius 2 is 1.58 bits per heavy atom. The fourth-order valence-corrected chi connectivity index (χ4v) is 4.41. The van der Waals surface area contributed by atoms with Gasteiger partial charge >= 0.3 is 5.63 Å². The molecule has 38 heavy (non-hydrogen) atoms. The van der Waals surface area contributed by atoms with E-state index in [-0.39, 0.29) is 17.5 Å². The molecule has 0 aliphatic heterocycles. The fourth-order valence-electron chi connectivity index (χ4n) is 4.41. The van der Waals surface area contributed by atoms with Crippen molar-refractivity contribution >= 4 is 0 Å².